The van der Waals surface area contributed by atoms with Gasteiger partial charge in [0.25, 0.3) is 0 Å². The van der Waals surface area contributed by atoms with Crippen LogP contribution >= 0.6 is 0 Å². The second-order valence-corrected chi connectivity index (χ2v) is 8.24. The van der Waals surface area contributed by atoms with Gasteiger partial charge in [0.05, 0.1) is 12.5 Å². The van der Waals surface area contributed by atoms with Gasteiger partial charge in [-0.3, -0.25) is 9.69 Å². The van der Waals surface area contributed by atoms with E-state index in [0.29, 0.717) is 39.0 Å². The molecule has 1 saturated heterocycles. The van der Waals surface area contributed by atoms with E-state index < -0.39 is 12.2 Å². The average Bonchev–Trinajstić information content (AvgIpc) is 2.65. The summed E-state index contributed by atoms with van der Waals surface area (Å²) in [6.07, 6.45) is 5.85. The number of alkyl halides is 3. The molecule has 28 heavy (non-hydrogen) atoms. The van der Waals surface area contributed by atoms with Gasteiger partial charge in [-0.1, -0.05) is 65.2 Å². The molecule has 0 aliphatic carbocycles. The summed E-state index contributed by atoms with van der Waals surface area (Å²) >= 11 is 0. The molecular weight excluding hydrogens is 367 g/mol. The highest BCUT2D eigenvalue weighted by molar-refractivity contribution is 5.72. The molecule has 1 aliphatic heterocycles. The monoisotopic (exact) mass is 407 g/mol. The Morgan fingerprint density at radius 1 is 1.00 bits per heavy atom. The van der Waals surface area contributed by atoms with E-state index in [9.17, 15) is 18.0 Å². The van der Waals surface area contributed by atoms with Crippen LogP contribution in [0.5, 0.6) is 0 Å². The summed E-state index contributed by atoms with van der Waals surface area (Å²) in [6.45, 7) is 6.95. The number of hydrogen-bond acceptors (Lipinski definition) is 3. The largest absolute Gasteiger partial charge is 0.466 e. The number of nitrogens with zero attached hydrogens (tertiary/aromatic N) is 1. The Morgan fingerprint density at radius 2 is 1.54 bits per heavy atom. The van der Waals surface area contributed by atoms with Crippen molar-refractivity contribution in [1.29, 1.82) is 0 Å². The molecule has 2 unspecified atom stereocenters. The van der Waals surface area contributed by atoms with Crippen LogP contribution in [0.15, 0.2) is 0 Å². The van der Waals surface area contributed by atoms with Crippen molar-refractivity contribution in [2.24, 2.45) is 11.8 Å². The van der Waals surface area contributed by atoms with Crippen LogP contribution in [0.1, 0.15) is 91.4 Å². The molecule has 0 bridgehead atoms. The highest BCUT2D eigenvalue weighted by atomic mass is 19.4. The number of piperidine rings is 1. The Labute approximate surface area is 169 Å². The van der Waals surface area contributed by atoms with Crippen molar-refractivity contribution in [1.82, 2.24) is 4.90 Å². The summed E-state index contributed by atoms with van der Waals surface area (Å²) in [4.78, 5) is 13.5. The third-order valence-corrected chi connectivity index (χ3v) is 6.09. The molecule has 6 heteroatoms. The van der Waals surface area contributed by atoms with Crippen molar-refractivity contribution in [2.75, 3.05) is 19.7 Å². The molecule has 166 valence electrons. The first-order valence-corrected chi connectivity index (χ1v) is 11.3. The number of likely N-dealkylation sites (tertiary alicyclic amines) is 1. The molecule has 0 spiro atoms. The lowest BCUT2D eigenvalue weighted by Crippen LogP contribution is -2.50. The SMILES string of the molecule is CCCCCCCCCCC(N1CCC(C(C)C(=O)OCC)CC1)C(F)(F)F. The van der Waals surface area contributed by atoms with Crippen LogP contribution in [0.2, 0.25) is 0 Å². The number of halogens is 3. The van der Waals surface area contributed by atoms with Gasteiger partial charge in [0, 0.05) is 0 Å². The molecule has 0 radical (unpaired) electrons. The fraction of sp³-hybridized carbons (Fsp3) is 0.955. The molecule has 0 saturated carbocycles. The van der Waals surface area contributed by atoms with Crippen molar-refractivity contribution < 1.29 is 22.7 Å². The second-order valence-electron chi connectivity index (χ2n) is 8.24. The first kappa shape index (κ1) is 25.3. The van der Waals surface area contributed by atoms with Crippen LogP contribution in [0, 0.1) is 11.8 Å². The first-order chi connectivity index (χ1) is 13.3. The summed E-state index contributed by atoms with van der Waals surface area (Å²) < 4.78 is 45.8. The molecule has 1 heterocycles. The van der Waals surface area contributed by atoms with Crippen LogP contribution in [0.25, 0.3) is 0 Å². The summed E-state index contributed by atoms with van der Waals surface area (Å²) in [5, 5.41) is 0. The fourth-order valence-electron chi connectivity index (χ4n) is 4.22. The maximum Gasteiger partial charge on any atom is 0.404 e. The maximum atomic E-state index is 13.6. The van der Waals surface area contributed by atoms with Gasteiger partial charge in [-0.25, -0.2) is 0 Å². The molecule has 1 fully saturated rings. The third-order valence-electron chi connectivity index (χ3n) is 6.09. The fourth-order valence-corrected chi connectivity index (χ4v) is 4.22. The van der Waals surface area contributed by atoms with E-state index in [1.807, 2.05) is 6.92 Å². The number of hydrogen-bond donors (Lipinski definition) is 0. The summed E-state index contributed by atoms with van der Waals surface area (Å²) in [5.41, 5.74) is 0. The van der Waals surface area contributed by atoms with Crippen LogP contribution in [0.4, 0.5) is 13.2 Å². The molecule has 2 atom stereocenters. The minimum absolute atomic E-state index is 0.118. The smallest absolute Gasteiger partial charge is 0.404 e. The number of carbonyl (C=O) groups is 1. The molecule has 0 aromatic heterocycles. The molecule has 0 aromatic carbocycles. The van der Waals surface area contributed by atoms with Gasteiger partial charge in [-0.2, -0.15) is 13.2 Å². The second kappa shape index (κ2) is 13.4. The van der Waals surface area contributed by atoms with E-state index in [1.54, 1.807) is 11.8 Å². The van der Waals surface area contributed by atoms with Crippen LogP contribution in [0.3, 0.4) is 0 Å². The third kappa shape index (κ3) is 9.15. The van der Waals surface area contributed by atoms with Crippen molar-refractivity contribution in [2.45, 2.75) is 104 Å². The first-order valence-electron chi connectivity index (χ1n) is 11.3. The molecule has 0 aromatic rings. The molecule has 0 N–H and O–H groups in total. The van der Waals surface area contributed by atoms with Crippen LogP contribution in [-0.2, 0) is 9.53 Å². The Bertz CT molecular complexity index is 420. The van der Waals surface area contributed by atoms with Gasteiger partial charge in [0.1, 0.15) is 6.04 Å². The number of carbonyl (C=O) groups excluding carboxylic acids is 1. The topological polar surface area (TPSA) is 29.5 Å². The zero-order chi connectivity index (χ0) is 21.0. The zero-order valence-corrected chi connectivity index (χ0v) is 18.0. The van der Waals surface area contributed by atoms with Gasteiger partial charge in [-0.05, 0) is 45.2 Å². The standard InChI is InChI=1S/C22H40F3NO2/c1-4-6-7-8-9-10-11-12-13-20(22(23,24)25)26-16-14-19(15-17-26)18(3)21(27)28-5-2/h18-20H,4-17H2,1-3H3. The number of rotatable bonds is 13. The van der Waals surface area contributed by atoms with Gasteiger partial charge >= 0.3 is 12.1 Å². The van der Waals surface area contributed by atoms with E-state index >= 15 is 0 Å². The summed E-state index contributed by atoms with van der Waals surface area (Å²) in [5.74, 6) is -0.348. The number of ether oxygens (including phenoxy) is 1. The Kier molecular flexibility index (Phi) is 12.1. The highest BCUT2D eigenvalue weighted by Crippen LogP contribution is 2.34. The Morgan fingerprint density at radius 3 is 2.04 bits per heavy atom. The van der Waals surface area contributed by atoms with Crippen molar-refractivity contribution in [3.63, 3.8) is 0 Å². The van der Waals surface area contributed by atoms with E-state index in [0.717, 1.165) is 19.3 Å². The van der Waals surface area contributed by atoms with E-state index in [4.69, 9.17) is 4.74 Å². The summed E-state index contributed by atoms with van der Waals surface area (Å²) in [6, 6.07) is -1.34. The van der Waals surface area contributed by atoms with E-state index in [2.05, 4.69) is 6.92 Å². The normalized spacial score (nSPS) is 18.8. The molecule has 1 rings (SSSR count). The van der Waals surface area contributed by atoms with Crippen LogP contribution in [-0.4, -0.2) is 42.8 Å². The minimum atomic E-state index is -4.18. The van der Waals surface area contributed by atoms with Crippen molar-refractivity contribution in [3.05, 3.63) is 0 Å². The Balaban J connectivity index is 2.38. The highest BCUT2D eigenvalue weighted by Gasteiger charge is 2.44. The van der Waals surface area contributed by atoms with E-state index in [1.165, 1.54) is 25.7 Å². The quantitative estimate of drug-likeness (QED) is 0.263. The number of unbranched alkanes of at least 4 members (excludes halogenated alkanes) is 7. The zero-order valence-electron chi connectivity index (χ0n) is 18.0. The maximum absolute atomic E-state index is 13.6. The van der Waals surface area contributed by atoms with Crippen molar-refractivity contribution in [3.8, 4) is 0 Å². The lowest BCUT2D eigenvalue weighted by Gasteiger charge is -2.39. The lowest BCUT2D eigenvalue weighted by atomic mass is 9.84. The minimum Gasteiger partial charge on any atom is -0.466 e. The Hall–Kier alpha value is -0.780. The number of esters is 1. The van der Waals surface area contributed by atoms with Gasteiger partial charge in [-0.15, -0.1) is 0 Å². The predicted molar refractivity (Wildman–Crippen MR) is 107 cm³/mol. The predicted octanol–water partition coefficient (Wildman–Crippen LogP) is 6.36. The molecule has 1 aliphatic rings. The lowest BCUT2D eigenvalue weighted by molar-refractivity contribution is -0.190. The van der Waals surface area contributed by atoms with Crippen molar-refractivity contribution >= 4 is 5.97 Å². The van der Waals surface area contributed by atoms with Gasteiger partial charge in [0.15, 0.2) is 0 Å². The van der Waals surface area contributed by atoms with Gasteiger partial charge < -0.3 is 4.74 Å². The molecular formula is C22H40F3NO2. The van der Waals surface area contributed by atoms with E-state index in [-0.39, 0.29) is 24.2 Å². The molecule has 0 amide bonds. The van der Waals surface area contributed by atoms with Gasteiger partial charge in [0.2, 0.25) is 0 Å². The average molecular weight is 408 g/mol. The molecule has 3 nitrogen and oxygen atoms in total. The summed E-state index contributed by atoms with van der Waals surface area (Å²) in [7, 11) is 0. The van der Waals surface area contributed by atoms with Crippen LogP contribution < -0.4 is 0 Å².